The number of benzene rings is 2. The summed E-state index contributed by atoms with van der Waals surface area (Å²) in [5.41, 5.74) is 1.05. The average Bonchev–Trinajstić information content (AvgIpc) is 3.08. The maximum Gasteiger partial charge on any atom is 0.269 e. The molecule has 1 saturated carbocycles. The molecular weight excluding hydrogens is 478 g/mol. The second kappa shape index (κ2) is 11.2. The molecule has 1 heterocycles. The molecule has 8 nitrogen and oxygen atoms in total. The van der Waals surface area contributed by atoms with E-state index in [1.165, 1.54) is 18.6 Å². The number of rotatable bonds is 9. The minimum Gasteiger partial charge on any atom is -0.352 e. The fourth-order valence-electron chi connectivity index (χ4n) is 4.90. The van der Waals surface area contributed by atoms with Gasteiger partial charge in [-0.05, 0) is 43.9 Å². The van der Waals surface area contributed by atoms with Gasteiger partial charge in [0.25, 0.3) is 15.9 Å². The summed E-state index contributed by atoms with van der Waals surface area (Å²) >= 11 is 0. The van der Waals surface area contributed by atoms with Crippen LogP contribution in [0.3, 0.4) is 0 Å². The fourth-order valence-corrected chi connectivity index (χ4v) is 6.51. The zero-order chi connectivity index (χ0) is 25.7. The highest BCUT2D eigenvalue weighted by Gasteiger charge is 2.40. The summed E-state index contributed by atoms with van der Waals surface area (Å²) in [4.78, 5) is 40.6. The van der Waals surface area contributed by atoms with Crippen LogP contribution in [-0.4, -0.2) is 54.0 Å². The van der Waals surface area contributed by atoms with Gasteiger partial charge in [0, 0.05) is 25.6 Å². The van der Waals surface area contributed by atoms with Crippen molar-refractivity contribution in [3.8, 4) is 0 Å². The highest BCUT2D eigenvalue weighted by Crippen LogP contribution is 2.30. The molecule has 1 atom stereocenters. The minimum absolute atomic E-state index is 0.0000339. The van der Waals surface area contributed by atoms with Crippen LogP contribution >= 0.6 is 0 Å². The van der Waals surface area contributed by atoms with Gasteiger partial charge in [-0.25, -0.2) is 12.7 Å². The van der Waals surface area contributed by atoms with E-state index < -0.39 is 22.0 Å². The predicted molar refractivity (Wildman–Crippen MR) is 135 cm³/mol. The summed E-state index contributed by atoms with van der Waals surface area (Å²) in [6.45, 7) is 1.90. The first-order chi connectivity index (χ1) is 17.3. The number of nitrogens with one attached hydrogen (secondary N) is 1. The summed E-state index contributed by atoms with van der Waals surface area (Å²) in [6.07, 6.45) is 5.45. The number of carbonyl (C=O) groups excluding carboxylic acids is 3. The lowest BCUT2D eigenvalue weighted by atomic mass is 9.95. The molecule has 4 rings (SSSR count). The SMILES string of the molecule is CC(C(=O)NC1CCCCC1)N(Cc1ccccc1)C(=O)CCCN1C(=O)c2ccccc2S1(=O)=O. The van der Waals surface area contributed by atoms with Crippen LogP contribution in [0.5, 0.6) is 0 Å². The third-order valence-electron chi connectivity index (χ3n) is 6.98. The Hall–Kier alpha value is -3.20. The number of hydrogen-bond donors (Lipinski definition) is 1. The van der Waals surface area contributed by atoms with Crippen molar-refractivity contribution in [1.29, 1.82) is 0 Å². The van der Waals surface area contributed by atoms with E-state index in [9.17, 15) is 22.8 Å². The Morgan fingerprint density at radius 3 is 2.39 bits per heavy atom. The molecule has 0 saturated heterocycles. The number of amides is 3. The van der Waals surface area contributed by atoms with E-state index in [1.807, 2.05) is 30.3 Å². The van der Waals surface area contributed by atoms with Crippen LogP contribution in [0.15, 0.2) is 59.5 Å². The van der Waals surface area contributed by atoms with Gasteiger partial charge in [0.05, 0.1) is 5.56 Å². The molecule has 3 amide bonds. The van der Waals surface area contributed by atoms with Crippen LogP contribution in [0, 0.1) is 0 Å². The number of hydrogen-bond acceptors (Lipinski definition) is 5. The van der Waals surface area contributed by atoms with Crippen molar-refractivity contribution in [3.63, 3.8) is 0 Å². The molecule has 0 spiro atoms. The molecule has 1 unspecified atom stereocenters. The molecule has 0 radical (unpaired) electrons. The molecule has 1 aliphatic carbocycles. The first-order valence-corrected chi connectivity index (χ1v) is 14.0. The molecule has 2 aromatic rings. The van der Waals surface area contributed by atoms with E-state index in [1.54, 1.807) is 24.0 Å². The van der Waals surface area contributed by atoms with E-state index in [0.717, 1.165) is 35.6 Å². The molecule has 192 valence electrons. The molecule has 9 heteroatoms. The van der Waals surface area contributed by atoms with Gasteiger partial charge in [-0.2, -0.15) is 0 Å². The van der Waals surface area contributed by atoms with Crippen molar-refractivity contribution in [2.45, 2.75) is 75.4 Å². The summed E-state index contributed by atoms with van der Waals surface area (Å²) in [5.74, 6) is -1.01. The van der Waals surface area contributed by atoms with Crippen LogP contribution in [0.2, 0.25) is 0 Å². The van der Waals surface area contributed by atoms with Crippen molar-refractivity contribution in [3.05, 3.63) is 65.7 Å². The molecule has 1 fully saturated rings. The molecule has 1 aliphatic heterocycles. The topological polar surface area (TPSA) is 104 Å². The summed E-state index contributed by atoms with van der Waals surface area (Å²) in [5, 5.41) is 3.10. The molecule has 1 N–H and O–H groups in total. The van der Waals surface area contributed by atoms with Gasteiger partial charge >= 0.3 is 0 Å². The third-order valence-corrected chi connectivity index (χ3v) is 8.82. The van der Waals surface area contributed by atoms with Crippen molar-refractivity contribution < 1.29 is 22.8 Å². The quantitative estimate of drug-likeness (QED) is 0.555. The Balaban J connectivity index is 1.42. The Morgan fingerprint density at radius 2 is 1.69 bits per heavy atom. The van der Waals surface area contributed by atoms with E-state index in [-0.39, 0.29) is 54.2 Å². The molecule has 2 aliphatic rings. The second-order valence-corrected chi connectivity index (χ2v) is 11.3. The summed E-state index contributed by atoms with van der Waals surface area (Å²) < 4.78 is 26.4. The highest BCUT2D eigenvalue weighted by molar-refractivity contribution is 7.90. The van der Waals surface area contributed by atoms with E-state index in [4.69, 9.17) is 0 Å². The average molecular weight is 512 g/mol. The second-order valence-electron chi connectivity index (χ2n) is 9.51. The number of carbonyl (C=O) groups is 3. The zero-order valence-corrected chi connectivity index (χ0v) is 21.4. The summed E-state index contributed by atoms with van der Waals surface area (Å²) in [7, 11) is -3.91. The lowest BCUT2D eigenvalue weighted by Crippen LogP contribution is -2.50. The predicted octanol–water partition coefficient (Wildman–Crippen LogP) is 3.48. The maximum absolute atomic E-state index is 13.3. The Kier molecular flexibility index (Phi) is 8.08. The van der Waals surface area contributed by atoms with E-state index in [2.05, 4.69) is 5.32 Å². The fraction of sp³-hybridized carbons (Fsp3) is 0.444. The monoisotopic (exact) mass is 511 g/mol. The number of fused-ring (bicyclic) bond motifs is 1. The Labute approximate surface area is 212 Å². The van der Waals surface area contributed by atoms with Gasteiger partial charge in [0.1, 0.15) is 10.9 Å². The minimum atomic E-state index is -3.91. The van der Waals surface area contributed by atoms with Crippen molar-refractivity contribution >= 4 is 27.7 Å². The number of sulfonamides is 1. The van der Waals surface area contributed by atoms with Crippen molar-refractivity contribution in [2.75, 3.05) is 6.54 Å². The molecule has 36 heavy (non-hydrogen) atoms. The molecule has 0 bridgehead atoms. The van der Waals surface area contributed by atoms with Crippen LogP contribution < -0.4 is 5.32 Å². The first-order valence-electron chi connectivity index (χ1n) is 12.6. The van der Waals surface area contributed by atoms with Gasteiger partial charge in [0.15, 0.2) is 0 Å². The largest absolute Gasteiger partial charge is 0.352 e. The van der Waals surface area contributed by atoms with Gasteiger partial charge < -0.3 is 10.2 Å². The van der Waals surface area contributed by atoms with Crippen LogP contribution in [-0.2, 0) is 26.2 Å². The first kappa shape index (κ1) is 25.9. The smallest absolute Gasteiger partial charge is 0.269 e. The highest BCUT2D eigenvalue weighted by atomic mass is 32.2. The van der Waals surface area contributed by atoms with Crippen LogP contribution in [0.1, 0.15) is 67.8 Å². The van der Waals surface area contributed by atoms with Crippen molar-refractivity contribution in [1.82, 2.24) is 14.5 Å². The zero-order valence-electron chi connectivity index (χ0n) is 20.6. The van der Waals surface area contributed by atoms with Gasteiger partial charge in [0.2, 0.25) is 11.8 Å². The molecule has 0 aromatic heterocycles. The van der Waals surface area contributed by atoms with Crippen LogP contribution in [0.4, 0.5) is 0 Å². The Bertz CT molecular complexity index is 1210. The lowest BCUT2D eigenvalue weighted by Gasteiger charge is -2.31. The maximum atomic E-state index is 13.3. The molecule has 2 aromatic carbocycles. The molecular formula is C27H33N3O5S. The Morgan fingerprint density at radius 1 is 1.03 bits per heavy atom. The van der Waals surface area contributed by atoms with Gasteiger partial charge in [-0.3, -0.25) is 14.4 Å². The van der Waals surface area contributed by atoms with Gasteiger partial charge in [-0.15, -0.1) is 0 Å². The summed E-state index contributed by atoms with van der Waals surface area (Å²) in [6, 6.07) is 15.0. The number of nitrogens with zero attached hydrogens (tertiary/aromatic N) is 2. The standard InChI is InChI=1S/C27H33N3O5S/c1-20(26(32)28-22-13-6-3-7-14-22)29(19-21-11-4-2-5-12-21)25(31)17-10-18-30-27(33)23-15-8-9-16-24(23)36(30,34)35/h2,4-5,8-9,11-12,15-16,20,22H,3,6-7,10,13-14,17-19H2,1H3,(H,28,32). The van der Waals surface area contributed by atoms with Gasteiger partial charge in [-0.1, -0.05) is 61.7 Å². The lowest BCUT2D eigenvalue weighted by molar-refractivity contribution is -0.141. The van der Waals surface area contributed by atoms with E-state index >= 15 is 0 Å². The van der Waals surface area contributed by atoms with Crippen LogP contribution in [0.25, 0.3) is 0 Å². The third kappa shape index (κ3) is 5.61. The van der Waals surface area contributed by atoms with E-state index in [0.29, 0.717) is 0 Å². The van der Waals surface area contributed by atoms with Crippen molar-refractivity contribution in [2.24, 2.45) is 0 Å². The normalized spacial score (nSPS) is 17.9.